The summed E-state index contributed by atoms with van der Waals surface area (Å²) in [5.74, 6) is 1.29. The number of nitrogens with zero attached hydrogens (tertiary/aromatic N) is 4. The minimum absolute atomic E-state index is 0.00671. The van der Waals surface area contributed by atoms with E-state index in [1.54, 1.807) is 17.2 Å². The van der Waals surface area contributed by atoms with Crippen LogP contribution in [0.2, 0.25) is 0 Å². The van der Waals surface area contributed by atoms with Crippen LogP contribution in [0, 0.1) is 5.92 Å². The van der Waals surface area contributed by atoms with Gasteiger partial charge in [-0.05, 0) is 48.7 Å². The molecule has 166 valence electrons. The van der Waals surface area contributed by atoms with Crippen molar-refractivity contribution in [1.29, 1.82) is 0 Å². The number of para-hydroxylation sites is 1. The molecule has 7 heteroatoms. The fourth-order valence-electron chi connectivity index (χ4n) is 3.81. The number of aromatic nitrogens is 2. The highest BCUT2D eigenvalue weighted by Gasteiger charge is 2.37. The van der Waals surface area contributed by atoms with E-state index in [-0.39, 0.29) is 24.1 Å². The molecule has 4 rings (SSSR count). The van der Waals surface area contributed by atoms with Crippen molar-refractivity contribution in [1.82, 2.24) is 9.97 Å². The molecule has 0 bridgehead atoms. The van der Waals surface area contributed by atoms with Crippen molar-refractivity contribution in [2.24, 2.45) is 5.92 Å². The topological polar surface area (TPSA) is 70.6 Å². The maximum atomic E-state index is 12.3. The van der Waals surface area contributed by atoms with Gasteiger partial charge < -0.3 is 15.0 Å². The molecule has 1 amide bonds. The Morgan fingerprint density at radius 2 is 1.72 bits per heavy atom. The number of ether oxygens (including phenoxy) is 1. The Balaban J connectivity index is 1.47. The van der Waals surface area contributed by atoms with E-state index in [0.717, 1.165) is 16.9 Å². The van der Waals surface area contributed by atoms with Gasteiger partial charge in [0.05, 0.1) is 12.1 Å². The molecule has 3 aromatic rings. The van der Waals surface area contributed by atoms with Gasteiger partial charge in [0.2, 0.25) is 5.95 Å². The Labute approximate surface area is 189 Å². The zero-order valence-corrected chi connectivity index (χ0v) is 18.9. The highest BCUT2D eigenvalue weighted by Crippen LogP contribution is 2.28. The lowest BCUT2D eigenvalue weighted by atomic mass is 10.0. The second-order valence-corrected chi connectivity index (χ2v) is 8.35. The molecule has 0 spiro atoms. The summed E-state index contributed by atoms with van der Waals surface area (Å²) in [4.78, 5) is 25.0. The smallest absolute Gasteiger partial charge is 0.415 e. The van der Waals surface area contributed by atoms with Gasteiger partial charge in [0.1, 0.15) is 12.4 Å². The zero-order valence-electron chi connectivity index (χ0n) is 18.9. The first kappa shape index (κ1) is 21.6. The fraction of sp³-hybridized carbons (Fsp3) is 0.320. The third kappa shape index (κ3) is 4.51. The number of nitrogens with one attached hydrogen (secondary N) is 1. The van der Waals surface area contributed by atoms with Crippen LogP contribution in [0.1, 0.15) is 32.4 Å². The molecule has 1 fully saturated rings. The Morgan fingerprint density at radius 3 is 2.41 bits per heavy atom. The Morgan fingerprint density at radius 1 is 1.03 bits per heavy atom. The Kier molecular flexibility index (Phi) is 6.25. The van der Waals surface area contributed by atoms with Crippen molar-refractivity contribution >= 4 is 29.2 Å². The van der Waals surface area contributed by atoms with E-state index in [9.17, 15) is 4.79 Å². The number of carbonyl (C=O) groups is 1. The molecule has 7 nitrogen and oxygen atoms in total. The maximum absolute atomic E-state index is 12.3. The van der Waals surface area contributed by atoms with Crippen LogP contribution in [0.5, 0.6) is 0 Å². The first-order chi connectivity index (χ1) is 15.4. The summed E-state index contributed by atoms with van der Waals surface area (Å²) in [6.07, 6.45) is 1.30. The number of hydrogen-bond acceptors (Lipinski definition) is 6. The lowest BCUT2D eigenvalue weighted by Crippen LogP contribution is -2.37. The fourth-order valence-corrected chi connectivity index (χ4v) is 3.81. The van der Waals surface area contributed by atoms with Gasteiger partial charge in [-0.3, -0.25) is 4.90 Å². The third-order valence-electron chi connectivity index (χ3n) is 5.83. The number of carbonyl (C=O) groups excluding carboxylic acids is 1. The van der Waals surface area contributed by atoms with E-state index < -0.39 is 0 Å². The first-order valence-electron chi connectivity index (χ1n) is 10.9. The third-order valence-corrected chi connectivity index (χ3v) is 5.83. The SMILES string of the molecule is CC(Nc1nccc(N2C(=O)OC[C@@H]2C(C)C)n1)c1ccc(N(C)c2ccccc2)cc1. The molecular formula is C25H29N5O2. The van der Waals surface area contributed by atoms with Gasteiger partial charge in [-0.15, -0.1) is 0 Å². The molecule has 2 aromatic carbocycles. The molecule has 0 aliphatic carbocycles. The number of rotatable bonds is 7. The van der Waals surface area contributed by atoms with Gasteiger partial charge in [0.15, 0.2) is 0 Å². The predicted octanol–water partition coefficient (Wildman–Crippen LogP) is 5.40. The van der Waals surface area contributed by atoms with E-state index in [4.69, 9.17) is 4.74 Å². The molecule has 2 atom stereocenters. The average molecular weight is 432 g/mol. The van der Waals surface area contributed by atoms with Crippen molar-refractivity contribution in [3.05, 3.63) is 72.4 Å². The summed E-state index contributed by atoms with van der Waals surface area (Å²) in [6.45, 7) is 6.58. The molecule has 2 heterocycles. The number of benzene rings is 2. The lowest BCUT2D eigenvalue weighted by Gasteiger charge is -2.24. The molecule has 32 heavy (non-hydrogen) atoms. The van der Waals surface area contributed by atoms with Crippen LogP contribution in [0.3, 0.4) is 0 Å². The molecule has 1 unspecified atom stereocenters. The van der Waals surface area contributed by atoms with Crippen molar-refractivity contribution in [3.8, 4) is 0 Å². The normalized spacial score (nSPS) is 16.7. The number of amides is 1. The number of cyclic esters (lactones) is 1. The van der Waals surface area contributed by atoms with Crippen LogP contribution in [-0.2, 0) is 4.74 Å². The van der Waals surface area contributed by atoms with Gasteiger partial charge in [0.25, 0.3) is 0 Å². The summed E-state index contributed by atoms with van der Waals surface area (Å²) >= 11 is 0. The van der Waals surface area contributed by atoms with Gasteiger partial charge in [-0.2, -0.15) is 4.98 Å². The highest BCUT2D eigenvalue weighted by molar-refractivity contribution is 5.89. The second kappa shape index (κ2) is 9.26. The summed E-state index contributed by atoms with van der Waals surface area (Å²) in [6, 6.07) is 20.4. The summed E-state index contributed by atoms with van der Waals surface area (Å²) < 4.78 is 5.25. The van der Waals surface area contributed by atoms with Crippen LogP contribution < -0.4 is 15.1 Å². The predicted molar refractivity (Wildman–Crippen MR) is 127 cm³/mol. The maximum Gasteiger partial charge on any atom is 0.415 e. The largest absolute Gasteiger partial charge is 0.447 e. The molecule has 0 radical (unpaired) electrons. The van der Waals surface area contributed by atoms with Gasteiger partial charge in [0, 0.05) is 24.6 Å². The van der Waals surface area contributed by atoms with Crippen LogP contribution in [0.4, 0.5) is 27.9 Å². The van der Waals surface area contributed by atoms with Crippen LogP contribution in [-0.4, -0.2) is 35.8 Å². The molecule has 1 aliphatic rings. The Bertz CT molecular complexity index is 1060. The van der Waals surface area contributed by atoms with Crippen molar-refractivity contribution in [2.45, 2.75) is 32.9 Å². The monoisotopic (exact) mass is 431 g/mol. The van der Waals surface area contributed by atoms with E-state index in [0.29, 0.717) is 18.4 Å². The quantitative estimate of drug-likeness (QED) is 0.540. The minimum Gasteiger partial charge on any atom is -0.447 e. The van der Waals surface area contributed by atoms with Gasteiger partial charge in [-0.25, -0.2) is 9.78 Å². The molecule has 1 aliphatic heterocycles. The second-order valence-electron chi connectivity index (χ2n) is 8.35. The number of hydrogen-bond donors (Lipinski definition) is 1. The van der Waals surface area contributed by atoms with E-state index >= 15 is 0 Å². The van der Waals surface area contributed by atoms with Crippen LogP contribution in [0.15, 0.2) is 66.9 Å². The summed E-state index contributed by atoms with van der Waals surface area (Å²) in [7, 11) is 2.05. The molecule has 1 saturated heterocycles. The van der Waals surface area contributed by atoms with Gasteiger partial charge >= 0.3 is 6.09 Å². The van der Waals surface area contributed by atoms with Crippen LogP contribution >= 0.6 is 0 Å². The Hall–Kier alpha value is -3.61. The molecular weight excluding hydrogens is 402 g/mol. The van der Waals surface area contributed by atoms with Crippen molar-refractivity contribution < 1.29 is 9.53 Å². The minimum atomic E-state index is -0.362. The van der Waals surface area contributed by atoms with Gasteiger partial charge in [-0.1, -0.05) is 44.2 Å². The van der Waals surface area contributed by atoms with E-state index in [2.05, 4.69) is 84.4 Å². The number of anilines is 4. The standard InChI is InChI=1S/C25H29N5O2/c1-17(2)22-16-32-25(31)30(22)23-14-15-26-24(28-23)27-18(3)19-10-12-21(13-11-19)29(4)20-8-6-5-7-9-20/h5-15,17-18,22H,16H2,1-4H3,(H,26,27,28)/t18?,22-/m1/s1. The van der Waals surface area contributed by atoms with Crippen molar-refractivity contribution in [3.63, 3.8) is 0 Å². The van der Waals surface area contributed by atoms with E-state index in [1.807, 2.05) is 18.2 Å². The molecule has 1 N–H and O–H groups in total. The lowest BCUT2D eigenvalue weighted by molar-refractivity contribution is 0.177. The van der Waals surface area contributed by atoms with E-state index in [1.165, 1.54) is 0 Å². The van der Waals surface area contributed by atoms with Crippen LogP contribution in [0.25, 0.3) is 0 Å². The zero-order chi connectivity index (χ0) is 22.7. The average Bonchev–Trinajstić information content (AvgIpc) is 3.21. The summed E-state index contributed by atoms with van der Waals surface area (Å²) in [5.41, 5.74) is 3.36. The molecule has 0 saturated carbocycles. The summed E-state index contributed by atoms with van der Waals surface area (Å²) in [5, 5.41) is 3.35. The van der Waals surface area contributed by atoms with Crippen molar-refractivity contribution in [2.75, 3.05) is 28.8 Å². The highest BCUT2D eigenvalue weighted by atomic mass is 16.6. The molecule has 1 aromatic heterocycles. The first-order valence-corrected chi connectivity index (χ1v) is 10.9.